The second-order valence-corrected chi connectivity index (χ2v) is 9.69. The number of benzene rings is 1. The molecule has 6 rings (SSSR count). The average Bonchev–Trinajstić information content (AvgIpc) is 3.34. The van der Waals surface area contributed by atoms with Gasteiger partial charge in [0.2, 0.25) is 5.91 Å². The van der Waals surface area contributed by atoms with Gasteiger partial charge in [0, 0.05) is 31.1 Å². The normalized spacial score (nSPS) is 29.8. The molecule has 3 unspecified atom stereocenters. The van der Waals surface area contributed by atoms with Crippen LogP contribution in [0, 0.1) is 18.3 Å². The van der Waals surface area contributed by atoms with Crippen molar-refractivity contribution in [3.63, 3.8) is 0 Å². The summed E-state index contributed by atoms with van der Waals surface area (Å²) in [7, 11) is 0. The first-order chi connectivity index (χ1) is 14.1. The molecular weight excluding hydrogens is 364 g/mol. The van der Waals surface area contributed by atoms with Crippen molar-refractivity contribution in [1.29, 1.82) is 0 Å². The number of aryl methyl sites for hydroxylation is 1. The average molecular weight is 393 g/mol. The van der Waals surface area contributed by atoms with Crippen LogP contribution in [0.1, 0.15) is 61.1 Å². The first kappa shape index (κ1) is 17.5. The predicted octanol–water partition coefficient (Wildman–Crippen LogP) is 3.27. The Hall–Kier alpha value is -2.37. The number of aromatic nitrogens is 2. The number of nitrogens with zero attached hydrogens (tertiary/aromatic N) is 3. The van der Waals surface area contributed by atoms with Crippen LogP contribution in [-0.2, 0) is 4.79 Å². The number of carbonyl (C=O) groups excluding carboxylic acids is 2. The van der Waals surface area contributed by atoms with Crippen LogP contribution in [0.15, 0.2) is 18.2 Å². The fraction of sp³-hybridized carbons (Fsp3) is 0.609. The summed E-state index contributed by atoms with van der Waals surface area (Å²) in [6.07, 6.45) is 8.05. The van der Waals surface area contributed by atoms with E-state index < -0.39 is 0 Å². The van der Waals surface area contributed by atoms with Gasteiger partial charge in [0.15, 0.2) is 0 Å². The zero-order valence-corrected chi connectivity index (χ0v) is 17.0. The molecule has 2 saturated heterocycles. The Balaban J connectivity index is 1.24. The SMILES string of the molecule is Cc1nc2c(C(=O)N3CC4CCCC(C3)N4C(=O)C3CC34CCC4)cccc2[nH]1. The minimum absolute atomic E-state index is 0.0491. The van der Waals surface area contributed by atoms with E-state index >= 15 is 0 Å². The van der Waals surface area contributed by atoms with Gasteiger partial charge in [-0.15, -0.1) is 0 Å². The number of piperidine rings is 1. The van der Waals surface area contributed by atoms with Gasteiger partial charge in [0.25, 0.3) is 5.91 Å². The van der Waals surface area contributed by atoms with Gasteiger partial charge in [0.05, 0.1) is 11.1 Å². The van der Waals surface area contributed by atoms with Crippen LogP contribution in [-0.4, -0.2) is 56.8 Å². The number of hydrogen-bond acceptors (Lipinski definition) is 3. The van der Waals surface area contributed by atoms with Gasteiger partial charge in [0.1, 0.15) is 11.3 Å². The van der Waals surface area contributed by atoms with Gasteiger partial charge in [-0.05, 0) is 63.0 Å². The topological polar surface area (TPSA) is 69.3 Å². The van der Waals surface area contributed by atoms with E-state index in [4.69, 9.17) is 0 Å². The molecule has 3 atom stereocenters. The van der Waals surface area contributed by atoms with Crippen LogP contribution in [0.2, 0.25) is 0 Å². The van der Waals surface area contributed by atoms with Crippen molar-refractivity contribution in [2.75, 3.05) is 13.1 Å². The monoisotopic (exact) mass is 392 g/mol. The number of likely N-dealkylation sites (tertiary alicyclic amines) is 1. The molecule has 1 aromatic heterocycles. The first-order valence-electron chi connectivity index (χ1n) is 11.1. The summed E-state index contributed by atoms with van der Waals surface area (Å²) in [5.74, 6) is 1.52. The molecule has 0 radical (unpaired) electrons. The van der Waals surface area contributed by atoms with Crippen molar-refractivity contribution >= 4 is 22.8 Å². The highest BCUT2D eigenvalue weighted by Gasteiger charge is 2.63. The van der Waals surface area contributed by atoms with E-state index in [9.17, 15) is 9.59 Å². The minimum atomic E-state index is 0.0491. The van der Waals surface area contributed by atoms with E-state index in [2.05, 4.69) is 14.9 Å². The van der Waals surface area contributed by atoms with Crippen LogP contribution in [0.4, 0.5) is 0 Å². The standard InChI is InChI=1S/C23H28N4O2/c1-14-24-19-8-3-7-17(20(19)25-14)21(28)26-12-15-5-2-6-16(13-26)27(15)22(29)18-11-23(18)9-4-10-23/h3,7-8,15-16,18H,2,4-6,9-13H2,1H3,(H,24,25). The summed E-state index contributed by atoms with van der Waals surface area (Å²) >= 11 is 0. The molecule has 152 valence electrons. The molecule has 2 aromatic rings. The summed E-state index contributed by atoms with van der Waals surface area (Å²) in [6, 6.07) is 6.11. The number of hydrogen-bond donors (Lipinski definition) is 1. The molecule has 2 bridgehead atoms. The third-order valence-electron chi connectivity index (χ3n) is 7.96. The number of nitrogens with one attached hydrogen (secondary N) is 1. The van der Waals surface area contributed by atoms with E-state index in [1.165, 1.54) is 19.3 Å². The Morgan fingerprint density at radius 1 is 1.14 bits per heavy atom. The lowest BCUT2D eigenvalue weighted by Gasteiger charge is -2.50. The highest BCUT2D eigenvalue weighted by atomic mass is 16.2. The summed E-state index contributed by atoms with van der Waals surface area (Å²) in [5, 5.41) is 0. The van der Waals surface area contributed by atoms with Crippen molar-refractivity contribution in [2.45, 2.75) is 64.0 Å². The molecule has 6 heteroatoms. The van der Waals surface area contributed by atoms with Gasteiger partial charge in [-0.2, -0.15) is 0 Å². The summed E-state index contributed by atoms with van der Waals surface area (Å²) in [6.45, 7) is 3.22. The van der Waals surface area contributed by atoms with Gasteiger partial charge in [-0.25, -0.2) is 4.98 Å². The minimum Gasteiger partial charge on any atom is -0.342 e. The number of para-hydroxylation sites is 1. The molecule has 2 aliphatic heterocycles. The van der Waals surface area contributed by atoms with Crippen molar-refractivity contribution in [3.05, 3.63) is 29.6 Å². The van der Waals surface area contributed by atoms with Gasteiger partial charge in [-0.3, -0.25) is 9.59 Å². The fourth-order valence-corrected chi connectivity index (χ4v) is 6.19. The van der Waals surface area contributed by atoms with Crippen LogP contribution in [0.3, 0.4) is 0 Å². The fourth-order valence-electron chi connectivity index (χ4n) is 6.19. The maximum absolute atomic E-state index is 13.4. The van der Waals surface area contributed by atoms with E-state index in [0.29, 0.717) is 30.0 Å². The molecule has 1 spiro atoms. The van der Waals surface area contributed by atoms with Crippen LogP contribution < -0.4 is 0 Å². The molecule has 1 aromatic carbocycles. The Morgan fingerprint density at radius 3 is 2.55 bits per heavy atom. The van der Waals surface area contributed by atoms with Crippen molar-refractivity contribution in [1.82, 2.24) is 19.8 Å². The maximum Gasteiger partial charge on any atom is 0.256 e. The smallest absolute Gasteiger partial charge is 0.256 e. The Bertz CT molecular complexity index is 993. The zero-order valence-electron chi connectivity index (χ0n) is 17.0. The number of rotatable bonds is 2. The van der Waals surface area contributed by atoms with Gasteiger partial charge < -0.3 is 14.8 Å². The number of H-pyrrole nitrogens is 1. The molecule has 1 N–H and O–H groups in total. The molecule has 4 fully saturated rings. The number of piperazine rings is 1. The largest absolute Gasteiger partial charge is 0.342 e. The van der Waals surface area contributed by atoms with E-state index in [0.717, 1.165) is 42.5 Å². The summed E-state index contributed by atoms with van der Waals surface area (Å²) in [4.78, 5) is 38.7. The number of amides is 2. The second kappa shape index (κ2) is 6.07. The molecule has 6 nitrogen and oxygen atoms in total. The number of imidazole rings is 1. The second-order valence-electron chi connectivity index (χ2n) is 9.69. The third-order valence-corrected chi connectivity index (χ3v) is 7.96. The molecule has 2 saturated carbocycles. The molecule has 2 amide bonds. The lowest BCUT2D eigenvalue weighted by Crippen LogP contribution is -2.64. The Morgan fingerprint density at radius 2 is 1.90 bits per heavy atom. The predicted molar refractivity (Wildman–Crippen MR) is 109 cm³/mol. The molecule has 29 heavy (non-hydrogen) atoms. The quantitative estimate of drug-likeness (QED) is 0.853. The molecule has 3 heterocycles. The van der Waals surface area contributed by atoms with Crippen LogP contribution >= 0.6 is 0 Å². The lowest BCUT2D eigenvalue weighted by molar-refractivity contribution is -0.145. The van der Waals surface area contributed by atoms with Crippen molar-refractivity contribution in [3.8, 4) is 0 Å². The highest BCUT2D eigenvalue weighted by molar-refractivity contribution is 6.05. The van der Waals surface area contributed by atoms with Crippen LogP contribution in [0.5, 0.6) is 0 Å². The van der Waals surface area contributed by atoms with E-state index in [1.807, 2.05) is 30.0 Å². The highest BCUT2D eigenvalue weighted by Crippen LogP contribution is 2.66. The van der Waals surface area contributed by atoms with E-state index in [1.54, 1.807) is 0 Å². The summed E-state index contributed by atoms with van der Waals surface area (Å²) < 4.78 is 0. The maximum atomic E-state index is 13.4. The van der Waals surface area contributed by atoms with Crippen molar-refractivity contribution < 1.29 is 9.59 Å². The Labute approximate surface area is 170 Å². The Kier molecular flexibility index (Phi) is 3.66. The molecular formula is C23H28N4O2. The zero-order chi connectivity index (χ0) is 19.8. The van der Waals surface area contributed by atoms with Crippen molar-refractivity contribution in [2.24, 2.45) is 11.3 Å². The summed E-state index contributed by atoms with van der Waals surface area (Å²) in [5.41, 5.74) is 2.69. The number of carbonyl (C=O) groups is 2. The van der Waals surface area contributed by atoms with Crippen LogP contribution in [0.25, 0.3) is 11.0 Å². The number of fused-ring (bicyclic) bond motifs is 3. The number of aromatic amines is 1. The third kappa shape index (κ3) is 2.57. The van der Waals surface area contributed by atoms with Gasteiger partial charge in [-0.1, -0.05) is 12.5 Å². The van der Waals surface area contributed by atoms with E-state index in [-0.39, 0.29) is 23.9 Å². The first-order valence-corrected chi connectivity index (χ1v) is 11.1. The lowest BCUT2D eigenvalue weighted by atomic mass is 9.79. The molecule has 4 aliphatic rings. The van der Waals surface area contributed by atoms with Gasteiger partial charge >= 0.3 is 0 Å². The molecule has 2 aliphatic carbocycles.